The van der Waals surface area contributed by atoms with Crippen LogP contribution < -0.4 is 0 Å². The van der Waals surface area contributed by atoms with Crippen LogP contribution in [-0.2, 0) is 9.47 Å². The molecule has 0 aromatic heterocycles. The standard InChI is InChI=1S/C10H13O2/c1-2-6-12-10(3-1)9-4-7-11-8-5-9/h1-3,6,9H,4-5,7-8H2. The lowest BCUT2D eigenvalue weighted by molar-refractivity contribution is 0.0623. The summed E-state index contributed by atoms with van der Waals surface area (Å²) in [5.41, 5.74) is 0. The Labute approximate surface area is 72.9 Å². The molecule has 1 saturated heterocycles. The van der Waals surface area contributed by atoms with Crippen LogP contribution in [0.25, 0.3) is 0 Å². The number of ether oxygens (including phenoxy) is 2. The Bertz CT molecular complexity index is 200. The number of hydrogen-bond donors (Lipinski definition) is 0. The predicted octanol–water partition coefficient (Wildman–Crippen LogP) is 2.05. The van der Waals surface area contributed by atoms with Gasteiger partial charge in [0.15, 0.2) is 0 Å². The Morgan fingerprint density at radius 2 is 2.08 bits per heavy atom. The molecule has 0 atom stereocenters. The van der Waals surface area contributed by atoms with Crippen LogP contribution in [0.15, 0.2) is 24.2 Å². The molecule has 2 aliphatic rings. The molecule has 2 rings (SSSR count). The van der Waals surface area contributed by atoms with Crippen molar-refractivity contribution in [1.29, 1.82) is 0 Å². The van der Waals surface area contributed by atoms with Crippen molar-refractivity contribution >= 4 is 0 Å². The Morgan fingerprint density at radius 3 is 2.75 bits per heavy atom. The van der Waals surface area contributed by atoms with Gasteiger partial charge in [0.05, 0.1) is 6.26 Å². The number of rotatable bonds is 1. The average molecular weight is 165 g/mol. The molecule has 0 bridgehead atoms. The fourth-order valence-electron chi connectivity index (χ4n) is 1.57. The van der Waals surface area contributed by atoms with E-state index in [9.17, 15) is 0 Å². The zero-order chi connectivity index (χ0) is 8.23. The molecule has 2 heteroatoms. The van der Waals surface area contributed by atoms with Crippen molar-refractivity contribution in [2.75, 3.05) is 13.2 Å². The molecule has 1 fully saturated rings. The Hall–Kier alpha value is -0.760. The fourth-order valence-corrected chi connectivity index (χ4v) is 1.57. The topological polar surface area (TPSA) is 18.5 Å². The summed E-state index contributed by atoms with van der Waals surface area (Å²) in [5, 5.41) is 0. The van der Waals surface area contributed by atoms with E-state index in [4.69, 9.17) is 9.47 Å². The molecular formula is C10H13O2. The van der Waals surface area contributed by atoms with Gasteiger partial charge in [0.25, 0.3) is 0 Å². The van der Waals surface area contributed by atoms with Crippen molar-refractivity contribution in [3.05, 3.63) is 30.6 Å². The molecule has 0 aromatic carbocycles. The predicted molar refractivity (Wildman–Crippen MR) is 46.2 cm³/mol. The molecule has 2 nitrogen and oxygen atoms in total. The molecule has 0 unspecified atom stereocenters. The van der Waals surface area contributed by atoms with Gasteiger partial charge in [-0.15, -0.1) is 0 Å². The molecule has 0 amide bonds. The highest BCUT2D eigenvalue weighted by molar-refractivity contribution is 5.17. The van der Waals surface area contributed by atoms with Gasteiger partial charge < -0.3 is 9.47 Å². The maximum absolute atomic E-state index is 5.41. The van der Waals surface area contributed by atoms with E-state index in [-0.39, 0.29) is 0 Å². The van der Waals surface area contributed by atoms with Crippen LogP contribution in [0.2, 0.25) is 0 Å². The van der Waals surface area contributed by atoms with Gasteiger partial charge in [0.2, 0.25) is 0 Å². The van der Waals surface area contributed by atoms with Crippen molar-refractivity contribution in [3.63, 3.8) is 0 Å². The summed E-state index contributed by atoms with van der Waals surface area (Å²) in [6, 6.07) is 0. The van der Waals surface area contributed by atoms with Crippen molar-refractivity contribution < 1.29 is 9.47 Å². The second kappa shape index (κ2) is 3.76. The Morgan fingerprint density at radius 1 is 1.25 bits per heavy atom. The average Bonchev–Trinajstić information content (AvgIpc) is 2.21. The minimum atomic E-state index is 0.569. The summed E-state index contributed by atoms with van der Waals surface area (Å²) in [4.78, 5) is 0. The monoisotopic (exact) mass is 165 g/mol. The first kappa shape index (κ1) is 7.87. The van der Waals surface area contributed by atoms with E-state index in [2.05, 4.69) is 6.08 Å². The van der Waals surface area contributed by atoms with Crippen LogP contribution in [0.1, 0.15) is 12.8 Å². The summed E-state index contributed by atoms with van der Waals surface area (Å²) in [6.07, 6.45) is 9.90. The van der Waals surface area contributed by atoms with E-state index in [0.717, 1.165) is 31.8 Å². The Kier molecular flexibility index (Phi) is 2.47. The summed E-state index contributed by atoms with van der Waals surface area (Å²) >= 11 is 0. The van der Waals surface area contributed by atoms with E-state index in [0.29, 0.717) is 5.92 Å². The number of allylic oxidation sites excluding steroid dienone is 3. The van der Waals surface area contributed by atoms with Crippen LogP contribution in [0.4, 0.5) is 0 Å². The van der Waals surface area contributed by atoms with Crippen LogP contribution >= 0.6 is 0 Å². The van der Waals surface area contributed by atoms with Crippen molar-refractivity contribution in [2.45, 2.75) is 12.8 Å². The molecule has 12 heavy (non-hydrogen) atoms. The van der Waals surface area contributed by atoms with Crippen LogP contribution in [0, 0.1) is 12.3 Å². The highest BCUT2D eigenvalue weighted by atomic mass is 16.5. The van der Waals surface area contributed by atoms with E-state index >= 15 is 0 Å². The minimum Gasteiger partial charge on any atom is -0.470 e. The molecule has 0 saturated carbocycles. The summed E-state index contributed by atoms with van der Waals surface area (Å²) in [6.45, 7) is 1.74. The van der Waals surface area contributed by atoms with Crippen molar-refractivity contribution in [2.24, 2.45) is 5.92 Å². The first-order valence-electron chi connectivity index (χ1n) is 4.41. The van der Waals surface area contributed by atoms with E-state index in [1.165, 1.54) is 0 Å². The second-order valence-electron chi connectivity index (χ2n) is 3.09. The van der Waals surface area contributed by atoms with E-state index < -0.39 is 0 Å². The molecule has 2 heterocycles. The summed E-state index contributed by atoms with van der Waals surface area (Å²) < 4.78 is 10.7. The highest BCUT2D eigenvalue weighted by Gasteiger charge is 2.19. The quantitative estimate of drug-likeness (QED) is 0.592. The molecule has 1 radical (unpaired) electrons. The van der Waals surface area contributed by atoms with Crippen LogP contribution in [0.5, 0.6) is 0 Å². The fraction of sp³-hybridized carbons (Fsp3) is 0.500. The van der Waals surface area contributed by atoms with Gasteiger partial charge in [0, 0.05) is 25.6 Å². The highest BCUT2D eigenvalue weighted by Crippen LogP contribution is 2.26. The van der Waals surface area contributed by atoms with E-state index in [1.54, 1.807) is 6.26 Å². The maximum Gasteiger partial charge on any atom is 0.103 e. The van der Waals surface area contributed by atoms with Gasteiger partial charge in [-0.25, -0.2) is 0 Å². The molecule has 0 aliphatic carbocycles. The molecule has 0 aromatic rings. The van der Waals surface area contributed by atoms with Crippen LogP contribution in [0.3, 0.4) is 0 Å². The smallest absolute Gasteiger partial charge is 0.103 e. The zero-order valence-electron chi connectivity index (χ0n) is 7.03. The molecule has 0 N–H and O–H groups in total. The summed E-state index contributed by atoms with van der Waals surface area (Å²) in [5.74, 6) is 1.67. The molecular weight excluding hydrogens is 152 g/mol. The van der Waals surface area contributed by atoms with Gasteiger partial charge >= 0.3 is 0 Å². The first-order chi connectivity index (χ1) is 5.97. The normalized spacial score (nSPS) is 24.8. The lowest BCUT2D eigenvalue weighted by Gasteiger charge is -2.24. The minimum absolute atomic E-state index is 0.569. The first-order valence-corrected chi connectivity index (χ1v) is 4.41. The molecule has 2 aliphatic heterocycles. The lowest BCUT2D eigenvalue weighted by Crippen LogP contribution is -2.18. The van der Waals surface area contributed by atoms with E-state index in [1.807, 2.05) is 12.5 Å². The third kappa shape index (κ3) is 1.69. The number of hydrogen-bond acceptors (Lipinski definition) is 2. The van der Waals surface area contributed by atoms with Crippen molar-refractivity contribution in [1.82, 2.24) is 0 Å². The third-order valence-electron chi connectivity index (χ3n) is 2.28. The largest absolute Gasteiger partial charge is 0.470 e. The van der Waals surface area contributed by atoms with Gasteiger partial charge in [-0.1, -0.05) is 0 Å². The Balaban J connectivity index is 1.93. The van der Waals surface area contributed by atoms with Crippen LogP contribution in [-0.4, -0.2) is 13.2 Å². The molecule has 65 valence electrons. The molecule has 0 spiro atoms. The summed E-state index contributed by atoms with van der Waals surface area (Å²) in [7, 11) is 0. The van der Waals surface area contributed by atoms with Gasteiger partial charge in [0.1, 0.15) is 5.76 Å². The zero-order valence-corrected chi connectivity index (χ0v) is 7.03. The second-order valence-corrected chi connectivity index (χ2v) is 3.09. The van der Waals surface area contributed by atoms with Gasteiger partial charge in [-0.05, 0) is 25.0 Å². The van der Waals surface area contributed by atoms with Gasteiger partial charge in [-0.3, -0.25) is 0 Å². The SMILES string of the molecule is [CH]1C=COC(C2CCOCC2)=C1. The third-order valence-corrected chi connectivity index (χ3v) is 2.28. The van der Waals surface area contributed by atoms with Crippen molar-refractivity contribution in [3.8, 4) is 0 Å². The maximum atomic E-state index is 5.41. The van der Waals surface area contributed by atoms with Gasteiger partial charge in [-0.2, -0.15) is 0 Å². The lowest BCUT2D eigenvalue weighted by atomic mass is 9.97.